The predicted octanol–water partition coefficient (Wildman–Crippen LogP) is 4.68. The highest BCUT2D eigenvalue weighted by atomic mass is 32.1. The van der Waals surface area contributed by atoms with Gasteiger partial charge >= 0.3 is 0 Å². The van der Waals surface area contributed by atoms with Crippen molar-refractivity contribution in [3.8, 4) is 0 Å². The lowest BCUT2D eigenvalue weighted by Gasteiger charge is -2.48. The van der Waals surface area contributed by atoms with Crippen LogP contribution in [0.3, 0.4) is 0 Å². The summed E-state index contributed by atoms with van der Waals surface area (Å²) in [4.78, 5) is 0. The Balaban J connectivity index is 5.30. The van der Waals surface area contributed by atoms with E-state index < -0.39 is 0 Å². The monoisotopic (exact) mass is 271 g/mol. The molecule has 0 spiro atoms. The van der Waals surface area contributed by atoms with Crippen molar-refractivity contribution in [2.45, 2.75) is 72.1 Å². The number of thiol groups is 1. The largest absolute Gasteiger partial charge is 0.324 e. The van der Waals surface area contributed by atoms with E-state index in [9.17, 15) is 0 Å². The van der Waals surface area contributed by atoms with Gasteiger partial charge in [-0.2, -0.15) is 12.6 Å². The summed E-state index contributed by atoms with van der Waals surface area (Å²) in [6.07, 6.45) is 2.10. The fraction of sp³-hybridized carbons (Fsp3) is 0.875. The molecule has 0 amide bonds. The van der Waals surface area contributed by atoms with E-state index in [1.165, 1.54) is 0 Å². The standard InChI is InChI=1S/C16H33NS/c1-9-15(7,13(6)16(8,18)10-2)14(17)12(5)11(3)4/h11,13-14,18H,5,9-10,17H2,1-4,6-8H3. The molecule has 2 N–H and O–H groups in total. The van der Waals surface area contributed by atoms with Gasteiger partial charge in [-0.1, -0.05) is 60.6 Å². The van der Waals surface area contributed by atoms with Gasteiger partial charge in [0.15, 0.2) is 0 Å². The first kappa shape index (κ1) is 18.0. The lowest BCUT2D eigenvalue weighted by molar-refractivity contribution is 0.125. The molecule has 0 rings (SSSR count). The van der Waals surface area contributed by atoms with Crippen molar-refractivity contribution >= 4 is 12.6 Å². The first-order valence-electron chi connectivity index (χ1n) is 7.21. The molecule has 0 aromatic rings. The lowest BCUT2D eigenvalue weighted by Crippen LogP contribution is -2.51. The summed E-state index contributed by atoms with van der Waals surface area (Å²) < 4.78 is 0.0135. The van der Waals surface area contributed by atoms with Crippen molar-refractivity contribution in [2.24, 2.45) is 23.0 Å². The Kier molecular flexibility index (Phi) is 6.49. The molecule has 4 unspecified atom stereocenters. The van der Waals surface area contributed by atoms with Crippen molar-refractivity contribution in [3.63, 3.8) is 0 Å². The molecule has 0 bridgehead atoms. The van der Waals surface area contributed by atoms with E-state index in [1.54, 1.807) is 0 Å². The van der Waals surface area contributed by atoms with Crippen LogP contribution in [0.2, 0.25) is 0 Å². The molecular formula is C16H33NS. The quantitative estimate of drug-likeness (QED) is 0.510. The average molecular weight is 272 g/mol. The summed E-state index contributed by atoms with van der Waals surface area (Å²) in [5.41, 5.74) is 7.73. The Hall–Kier alpha value is 0.0500. The van der Waals surface area contributed by atoms with E-state index in [1.807, 2.05) is 0 Å². The van der Waals surface area contributed by atoms with Crippen molar-refractivity contribution < 1.29 is 0 Å². The number of hydrogen-bond acceptors (Lipinski definition) is 2. The van der Waals surface area contributed by atoms with Gasteiger partial charge in [-0.25, -0.2) is 0 Å². The van der Waals surface area contributed by atoms with Gasteiger partial charge in [-0.3, -0.25) is 0 Å². The van der Waals surface area contributed by atoms with Crippen LogP contribution in [-0.2, 0) is 0 Å². The highest BCUT2D eigenvalue weighted by Crippen LogP contribution is 2.46. The third-order valence-electron chi connectivity index (χ3n) is 5.25. The molecule has 0 radical (unpaired) electrons. The van der Waals surface area contributed by atoms with Gasteiger partial charge in [0.1, 0.15) is 0 Å². The van der Waals surface area contributed by atoms with Crippen LogP contribution in [0.4, 0.5) is 0 Å². The van der Waals surface area contributed by atoms with Crippen molar-refractivity contribution in [1.29, 1.82) is 0 Å². The van der Waals surface area contributed by atoms with E-state index in [0.717, 1.165) is 18.4 Å². The topological polar surface area (TPSA) is 26.0 Å². The SMILES string of the molecule is C=C(C(C)C)C(N)C(C)(CC)C(C)C(C)(S)CC. The van der Waals surface area contributed by atoms with Crippen LogP contribution in [0.25, 0.3) is 0 Å². The Morgan fingerprint density at radius 1 is 1.17 bits per heavy atom. The second-order valence-electron chi connectivity index (χ2n) is 6.50. The molecule has 18 heavy (non-hydrogen) atoms. The van der Waals surface area contributed by atoms with Crippen LogP contribution < -0.4 is 5.73 Å². The van der Waals surface area contributed by atoms with Gasteiger partial charge in [0.25, 0.3) is 0 Å². The summed E-state index contributed by atoms with van der Waals surface area (Å²) in [5.74, 6) is 0.875. The normalized spacial score (nSPS) is 22.1. The van der Waals surface area contributed by atoms with Crippen molar-refractivity contribution in [3.05, 3.63) is 12.2 Å². The van der Waals surface area contributed by atoms with E-state index in [-0.39, 0.29) is 16.2 Å². The minimum absolute atomic E-state index is 0.0135. The van der Waals surface area contributed by atoms with Gasteiger partial charge < -0.3 is 5.73 Å². The maximum absolute atomic E-state index is 6.53. The Bertz CT molecular complexity index is 283. The molecule has 0 aliphatic heterocycles. The Morgan fingerprint density at radius 2 is 1.61 bits per heavy atom. The van der Waals surface area contributed by atoms with Gasteiger partial charge in [0, 0.05) is 10.8 Å². The highest BCUT2D eigenvalue weighted by molar-refractivity contribution is 7.81. The summed E-state index contributed by atoms with van der Waals surface area (Å²) in [7, 11) is 0. The van der Waals surface area contributed by atoms with Crippen molar-refractivity contribution in [1.82, 2.24) is 0 Å². The molecule has 0 aromatic heterocycles. The van der Waals surface area contributed by atoms with Gasteiger partial charge in [-0.15, -0.1) is 0 Å². The molecule has 0 saturated heterocycles. The van der Waals surface area contributed by atoms with Gasteiger partial charge in [0.2, 0.25) is 0 Å². The summed E-state index contributed by atoms with van der Waals surface area (Å²) in [6.45, 7) is 19.8. The van der Waals surface area contributed by atoms with E-state index in [4.69, 9.17) is 18.4 Å². The molecule has 0 aliphatic rings. The Morgan fingerprint density at radius 3 is 1.89 bits per heavy atom. The average Bonchev–Trinajstić information content (AvgIpc) is 2.34. The molecule has 2 heteroatoms. The minimum atomic E-state index is 0.0135. The smallest absolute Gasteiger partial charge is 0.0311 e. The number of nitrogens with two attached hydrogens (primary N) is 1. The summed E-state index contributed by atoms with van der Waals surface area (Å²) in [5, 5.41) is 0. The maximum atomic E-state index is 6.53. The molecule has 0 aromatic carbocycles. The third-order valence-corrected chi connectivity index (χ3v) is 5.95. The molecule has 4 atom stereocenters. The molecule has 0 aliphatic carbocycles. The van der Waals surface area contributed by atoms with Crippen LogP contribution in [0.5, 0.6) is 0 Å². The molecule has 0 saturated carbocycles. The lowest BCUT2D eigenvalue weighted by atomic mass is 9.63. The number of rotatable bonds is 7. The zero-order chi connectivity index (χ0) is 14.7. The second kappa shape index (κ2) is 6.47. The van der Waals surface area contributed by atoms with E-state index in [2.05, 4.69) is 55.0 Å². The van der Waals surface area contributed by atoms with E-state index >= 15 is 0 Å². The first-order chi connectivity index (χ1) is 8.04. The predicted molar refractivity (Wildman–Crippen MR) is 87.2 cm³/mol. The molecule has 108 valence electrons. The molecule has 0 fully saturated rings. The van der Waals surface area contributed by atoms with Crippen molar-refractivity contribution in [2.75, 3.05) is 0 Å². The van der Waals surface area contributed by atoms with Gasteiger partial charge in [0.05, 0.1) is 0 Å². The molecular weight excluding hydrogens is 238 g/mol. The Labute approximate surface area is 120 Å². The van der Waals surface area contributed by atoms with Crippen LogP contribution in [0, 0.1) is 17.3 Å². The van der Waals surface area contributed by atoms with E-state index in [0.29, 0.717) is 11.8 Å². The zero-order valence-corrected chi connectivity index (χ0v) is 14.3. The molecule has 0 heterocycles. The zero-order valence-electron chi connectivity index (χ0n) is 13.4. The van der Waals surface area contributed by atoms with Crippen LogP contribution in [0.1, 0.15) is 61.3 Å². The summed E-state index contributed by atoms with van der Waals surface area (Å²) in [6, 6.07) is 0.0375. The highest BCUT2D eigenvalue weighted by Gasteiger charge is 2.44. The fourth-order valence-corrected chi connectivity index (χ4v) is 2.89. The number of hydrogen-bond donors (Lipinski definition) is 2. The maximum Gasteiger partial charge on any atom is 0.0311 e. The third kappa shape index (κ3) is 3.54. The van der Waals surface area contributed by atoms with Gasteiger partial charge in [-0.05, 0) is 30.1 Å². The molecule has 1 nitrogen and oxygen atoms in total. The summed E-state index contributed by atoms with van der Waals surface area (Å²) >= 11 is 4.86. The van der Waals surface area contributed by atoms with Crippen LogP contribution in [-0.4, -0.2) is 10.8 Å². The minimum Gasteiger partial charge on any atom is -0.324 e. The van der Waals surface area contributed by atoms with Crippen LogP contribution in [0.15, 0.2) is 12.2 Å². The first-order valence-corrected chi connectivity index (χ1v) is 7.65. The fourth-order valence-electron chi connectivity index (χ4n) is 2.59. The van der Waals surface area contributed by atoms with Crippen LogP contribution >= 0.6 is 12.6 Å². The second-order valence-corrected chi connectivity index (χ2v) is 7.52.